The first-order chi connectivity index (χ1) is 12.3. The first-order valence-electron chi connectivity index (χ1n) is 8.61. The Hall–Kier alpha value is -2.67. The Balaban J connectivity index is 1.52. The van der Waals surface area contributed by atoms with Gasteiger partial charge in [0.25, 0.3) is 0 Å². The molecule has 0 aromatic carbocycles. The van der Waals surface area contributed by atoms with Gasteiger partial charge in [-0.05, 0) is 25.1 Å². The molecular formula is C18H22N6O. The molecule has 0 saturated heterocycles. The second-order valence-corrected chi connectivity index (χ2v) is 6.30. The molecule has 25 heavy (non-hydrogen) atoms. The summed E-state index contributed by atoms with van der Waals surface area (Å²) in [7, 11) is 0. The van der Waals surface area contributed by atoms with E-state index in [4.69, 9.17) is 4.74 Å². The van der Waals surface area contributed by atoms with E-state index >= 15 is 0 Å². The molecule has 7 nitrogen and oxygen atoms in total. The summed E-state index contributed by atoms with van der Waals surface area (Å²) in [6.45, 7) is 6.34. The van der Waals surface area contributed by atoms with Crippen molar-refractivity contribution in [2.45, 2.75) is 39.2 Å². The number of hydrogen-bond donors (Lipinski definition) is 0. The van der Waals surface area contributed by atoms with Gasteiger partial charge in [-0.1, -0.05) is 0 Å². The smallest absolute Gasteiger partial charge is 0.316 e. The minimum absolute atomic E-state index is 0.00253. The van der Waals surface area contributed by atoms with Crippen LogP contribution in [0.3, 0.4) is 0 Å². The standard InChI is InChI=1S/C18H22N6O/c1-2-24-11-15(9-21-24)10-22-12-16-5-3-8-23(16)14-17(13-22)25-18-19-6-4-7-20-18/h3-9,11,17H,2,10,12-14H2,1H3/t17-/m1/s1. The number of ether oxygens (including phenoxy) is 1. The molecule has 0 N–H and O–H groups in total. The molecule has 1 aliphatic rings. The molecule has 0 unspecified atom stereocenters. The van der Waals surface area contributed by atoms with Gasteiger partial charge in [-0.25, -0.2) is 9.97 Å². The Morgan fingerprint density at radius 2 is 2.08 bits per heavy atom. The summed E-state index contributed by atoms with van der Waals surface area (Å²) in [4.78, 5) is 10.8. The van der Waals surface area contributed by atoms with Crippen molar-refractivity contribution in [2.75, 3.05) is 6.54 Å². The molecule has 0 saturated carbocycles. The van der Waals surface area contributed by atoms with Crippen LogP contribution in [0.15, 0.2) is 49.2 Å². The zero-order valence-electron chi connectivity index (χ0n) is 14.3. The maximum Gasteiger partial charge on any atom is 0.316 e. The lowest BCUT2D eigenvalue weighted by molar-refractivity contribution is 0.114. The normalized spacial score (nSPS) is 17.9. The van der Waals surface area contributed by atoms with Gasteiger partial charge in [0.15, 0.2) is 0 Å². The van der Waals surface area contributed by atoms with Crippen molar-refractivity contribution < 1.29 is 4.74 Å². The van der Waals surface area contributed by atoms with Crippen LogP contribution >= 0.6 is 0 Å². The number of fused-ring (bicyclic) bond motifs is 1. The van der Waals surface area contributed by atoms with E-state index in [0.717, 1.165) is 32.7 Å². The van der Waals surface area contributed by atoms with Crippen molar-refractivity contribution >= 4 is 0 Å². The van der Waals surface area contributed by atoms with Crippen LogP contribution in [0, 0.1) is 0 Å². The summed E-state index contributed by atoms with van der Waals surface area (Å²) in [6.07, 6.45) is 9.57. The highest BCUT2D eigenvalue weighted by molar-refractivity contribution is 5.11. The molecule has 0 aliphatic carbocycles. The highest BCUT2D eigenvalue weighted by Gasteiger charge is 2.23. The molecule has 0 spiro atoms. The molecule has 4 rings (SSSR count). The van der Waals surface area contributed by atoms with Crippen molar-refractivity contribution in [2.24, 2.45) is 0 Å². The van der Waals surface area contributed by atoms with Gasteiger partial charge in [0.05, 0.1) is 12.7 Å². The van der Waals surface area contributed by atoms with Crippen molar-refractivity contribution in [1.82, 2.24) is 29.2 Å². The van der Waals surface area contributed by atoms with Crippen LogP contribution in [0.2, 0.25) is 0 Å². The number of nitrogens with zero attached hydrogens (tertiary/aromatic N) is 6. The number of hydrogen-bond acceptors (Lipinski definition) is 5. The Bertz CT molecular complexity index is 812. The summed E-state index contributed by atoms with van der Waals surface area (Å²) in [6, 6.07) is 6.48. The molecule has 1 atom stereocenters. The zero-order valence-corrected chi connectivity index (χ0v) is 14.3. The molecule has 3 aromatic rings. The van der Waals surface area contributed by atoms with Crippen LogP contribution in [-0.2, 0) is 26.2 Å². The molecule has 1 aliphatic heterocycles. The Kier molecular flexibility index (Phi) is 4.47. The van der Waals surface area contributed by atoms with Crippen molar-refractivity contribution in [1.29, 1.82) is 0 Å². The van der Waals surface area contributed by atoms with Gasteiger partial charge < -0.3 is 9.30 Å². The molecule has 7 heteroatoms. The Morgan fingerprint density at radius 3 is 2.88 bits per heavy atom. The summed E-state index contributed by atoms with van der Waals surface area (Å²) in [5.41, 5.74) is 2.51. The van der Waals surface area contributed by atoms with Gasteiger partial charge in [0.1, 0.15) is 6.10 Å². The third-order valence-corrected chi connectivity index (χ3v) is 4.40. The molecule has 0 radical (unpaired) electrons. The predicted octanol–water partition coefficient (Wildman–Crippen LogP) is 1.96. The zero-order chi connectivity index (χ0) is 17.1. The van der Waals surface area contributed by atoms with E-state index in [1.165, 1.54) is 11.3 Å². The minimum Gasteiger partial charge on any atom is -0.457 e. The highest BCUT2D eigenvalue weighted by Crippen LogP contribution is 2.18. The van der Waals surface area contributed by atoms with E-state index in [0.29, 0.717) is 6.01 Å². The fourth-order valence-corrected chi connectivity index (χ4v) is 3.24. The van der Waals surface area contributed by atoms with Gasteiger partial charge in [0.2, 0.25) is 0 Å². The maximum absolute atomic E-state index is 6.05. The number of rotatable bonds is 5. The van der Waals surface area contributed by atoms with Crippen molar-refractivity contribution in [3.8, 4) is 6.01 Å². The first kappa shape index (κ1) is 15.8. The van der Waals surface area contributed by atoms with E-state index in [2.05, 4.69) is 56.0 Å². The predicted molar refractivity (Wildman–Crippen MR) is 92.9 cm³/mol. The van der Waals surface area contributed by atoms with E-state index in [9.17, 15) is 0 Å². The Morgan fingerprint density at radius 1 is 1.20 bits per heavy atom. The van der Waals surface area contributed by atoms with E-state index in [1.807, 2.05) is 10.9 Å². The van der Waals surface area contributed by atoms with Crippen LogP contribution in [0.25, 0.3) is 0 Å². The Labute approximate surface area is 146 Å². The maximum atomic E-state index is 6.05. The molecule has 0 fully saturated rings. The van der Waals surface area contributed by atoms with Crippen molar-refractivity contribution in [3.63, 3.8) is 0 Å². The second-order valence-electron chi connectivity index (χ2n) is 6.30. The average molecular weight is 338 g/mol. The SMILES string of the molecule is CCn1cc(CN2Cc3cccn3C[C@H](Oc3ncccn3)C2)cn1. The molecule has 4 heterocycles. The summed E-state index contributed by atoms with van der Waals surface area (Å²) in [5.74, 6) is 0. The summed E-state index contributed by atoms with van der Waals surface area (Å²) in [5, 5.41) is 4.38. The fraction of sp³-hybridized carbons (Fsp3) is 0.389. The van der Waals surface area contributed by atoms with E-state index in [1.54, 1.807) is 18.5 Å². The third-order valence-electron chi connectivity index (χ3n) is 4.40. The van der Waals surface area contributed by atoms with Crippen LogP contribution in [-0.4, -0.2) is 41.9 Å². The van der Waals surface area contributed by atoms with Gasteiger partial charge in [-0.3, -0.25) is 9.58 Å². The van der Waals surface area contributed by atoms with Crippen LogP contribution < -0.4 is 4.74 Å². The highest BCUT2D eigenvalue weighted by atomic mass is 16.5. The van der Waals surface area contributed by atoms with Crippen LogP contribution in [0.5, 0.6) is 6.01 Å². The molecule has 3 aromatic heterocycles. The van der Waals surface area contributed by atoms with Crippen molar-refractivity contribution in [3.05, 3.63) is 60.4 Å². The minimum atomic E-state index is -0.00253. The molecule has 130 valence electrons. The topological polar surface area (TPSA) is 61.0 Å². The lowest BCUT2D eigenvalue weighted by Gasteiger charge is -2.23. The van der Waals surface area contributed by atoms with Crippen LogP contribution in [0.4, 0.5) is 0 Å². The second kappa shape index (κ2) is 7.06. The number of aromatic nitrogens is 5. The molecule has 0 amide bonds. The molecule has 0 bridgehead atoms. The van der Waals surface area contributed by atoms with Crippen LogP contribution in [0.1, 0.15) is 18.2 Å². The third kappa shape index (κ3) is 3.71. The number of aryl methyl sites for hydroxylation is 1. The summed E-state index contributed by atoms with van der Waals surface area (Å²) < 4.78 is 10.3. The fourth-order valence-electron chi connectivity index (χ4n) is 3.24. The van der Waals surface area contributed by atoms with E-state index < -0.39 is 0 Å². The summed E-state index contributed by atoms with van der Waals surface area (Å²) >= 11 is 0. The van der Waals surface area contributed by atoms with Gasteiger partial charge >= 0.3 is 6.01 Å². The van der Waals surface area contributed by atoms with Gasteiger partial charge in [-0.2, -0.15) is 5.10 Å². The average Bonchev–Trinajstić information content (AvgIpc) is 3.22. The quantitative estimate of drug-likeness (QED) is 0.712. The largest absolute Gasteiger partial charge is 0.457 e. The van der Waals surface area contributed by atoms with Gasteiger partial charge in [0, 0.05) is 62.2 Å². The van der Waals surface area contributed by atoms with Gasteiger partial charge in [-0.15, -0.1) is 0 Å². The van der Waals surface area contributed by atoms with E-state index in [-0.39, 0.29) is 6.10 Å². The lowest BCUT2D eigenvalue weighted by Crippen LogP contribution is -2.34. The molecular weight excluding hydrogens is 316 g/mol. The monoisotopic (exact) mass is 338 g/mol. The first-order valence-corrected chi connectivity index (χ1v) is 8.61. The lowest BCUT2D eigenvalue weighted by atomic mass is 10.2.